The molecule has 0 saturated heterocycles. The molecule has 2 aromatic rings. The summed E-state index contributed by atoms with van der Waals surface area (Å²) in [5.41, 5.74) is 1.56. The Morgan fingerprint density at radius 2 is 1.70 bits per heavy atom. The molecule has 27 heavy (non-hydrogen) atoms. The number of fused-ring (bicyclic) bond motifs is 1. The third-order valence-electron chi connectivity index (χ3n) is 4.52. The van der Waals surface area contributed by atoms with Gasteiger partial charge in [0.15, 0.2) is 0 Å². The van der Waals surface area contributed by atoms with Crippen LogP contribution < -0.4 is 16.0 Å². The lowest BCUT2D eigenvalue weighted by Gasteiger charge is -2.24. The van der Waals surface area contributed by atoms with Crippen molar-refractivity contribution in [1.29, 1.82) is 0 Å². The van der Waals surface area contributed by atoms with Crippen molar-refractivity contribution in [2.24, 2.45) is 0 Å². The SMILES string of the molecule is CC(=O)Nc1cccc(NC(=O)C(=O)NCC2(O)CCc3ccccc32)c1. The number of rotatable bonds is 4. The number of nitrogens with one attached hydrogen (secondary N) is 3. The van der Waals surface area contributed by atoms with Crippen LogP contribution in [0, 0.1) is 0 Å². The average molecular weight is 367 g/mol. The van der Waals surface area contributed by atoms with Crippen molar-refractivity contribution in [3.63, 3.8) is 0 Å². The van der Waals surface area contributed by atoms with E-state index in [9.17, 15) is 19.5 Å². The van der Waals surface area contributed by atoms with E-state index in [1.807, 2.05) is 24.3 Å². The molecule has 0 fully saturated rings. The number of amides is 3. The van der Waals surface area contributed by atoms with Crippen molar-refractivity contribution in [3.8, 4) is 0 Å². The zero-order valence-electron chi connectivity index (χ0n) is 14.9. The molecule has 0 aliphatic heterocycles. The van der Waals surface area contributed by atoms with Crippen LogP contribution >= 0.6 is 0 Å². The Kier molecular flexibility index (Phi) is 5.23. The number of hydrogen-bond donors (Lipinski definition) is 4. The normalized spacial score (nSPS) is 17.7. The molecule has 0 saturated carbocycles. The molecule has 1 aliphatic rings. The maximum Gasteiger partial charge on any atom is 0.313 e. The number of aryl methyl sites for hydroxylation is 1. The van der Waals surface area contributed by atoms with Gasteiger partial charge in [-0.2, -0.15) is 0 Å². The molecule has 1 atom stereocenters. The zero-order chi connectivity index (χ0) is 19.4. The molecule has 140 valence electrons. The minimum absolute atomic E-state index is 0.0395. The highest BCUT2D eigenvalue weighted by atomic mass is 16.3. The fraction of sp³-hybridized carbons (Fsp3) is 0.250. The lowest BCUT2D eigenvalue weighted by Crippen LogP contribution is -2.43. The van der Waals surface area contributed by atoms with E-state index in [1.54, 1.807) is 24.3 Å². The molecule has 3 rings (SSSR count). The van der Waals surface area contributed by atoms with Crippen LogP contribution in [0.2, 0.25) is 0 Å². The molecule has 0 heterocycles. The molecule has 1 aliphatic carbocycles. The van der Waals surface area contributed by atoms with E-state index in [0.29, 0.717) is 17.8 Å². The summed E-state index contributed by atoms with van der Waals surface area (Å²) in [5.74, 6) is -1.91. The van der Waals surface area contributed by atoms with Gasteiger partial charge >= 0.3 is 11.8 Å². The Balaban J connectivity index is 1.59. The maximum atomic E-state index is 12.1. The number of benzene rings is 2. The number of carbonyl (C=O) groups excluding carboxylic acids is 3. The Morgan fingerprint density at radius 1 is 1.00 bits per heavy atom. The standard InChI is InChI=1S/C20H21N3O4/c1-13(24)22-15-6-4-7-16(11-15)23-19(26)18(25)21-12-20(27)10-9-14-5-2-3-8-17(14)20/h2-8,11,27H,9-10,12H2,1H3,(H,21,25)(H,22,24)(H,23,26). The highest BCUT2D eigenvalue weighted by Gasteiger charge is 2.37. The third-order valence-corrected chi connectivity index (χ3v) is 4.52. The van der Waals surface area contributed by atoms with E-state index in [-0.39, 0.29) is 12.5 Å². The van der Waals surface area contributed by atoms with Gasteiger partial charge in [0.05, 0.1) is 6.54 Å². The second-order valence-electron chi connectivity index (χ2n) is 6.59. The smallest absolute Gasteiger partial charge is 0.313 e. The fourth-order valence-electron chi connectivity index (χ4n) is 3.22. The van der Waals surface area contributed by atoms with E-state index in [2.05, 4.69) is 16.0 Å². The largest absolute Gasteiger partial charge is 0.383 e. The van der Waals surface area contributed by atoms with Crippen molar-refractivity contribution in [2.75, 3.05) is 17.2 Å². The average Bonchev–Trinajstić information content (AvgIpc) is 2.97. The number of hydrogen-bond acceptors (Lipinski definition) is 4. The van der Waals surface area contributed by atoms with Gasteiger partial charge in [0, 0.05) is 18.3 Å². The molecule has 0 radical (unpaired) electrons. The first-order valence-electron chi connectivity index (χ1n) is 8.65. The number of anilines is 2. The Morgan fingerprint density at radius 3 is 2.44 bits per heavy atom. The third kappa shape index (κ3) is 4.32. The molecule has 7 heteroatoms. The zero-order valence-corrected chi connectivity index (χ0v) is 14.9. The predicted octanol–water partition coefficient (Wildman–Crippen LogP) is 1.53. The molecule has 0 spiro atoms. The second-order valence-corrected chi connectivity index (χ2v) is 6.59. The van der Waals surface area contributed by atoms with E-state index >= 15 is 0 Å². The van der Waals surface area contributed by atoms with Gasteiger partial charge in [0.25, 0.3) is 0 Å². The lowest BCUT2D eigenvalue weighted by atomic mass is 9.96. The molecule has 4 N–H and O–H groups in total. The van der Waals surface area contributed by atoms with Crippen LogP contribution in [0.1, 0.15) is 24.5 Å². The molecule has 2 aromatic carbocycles. The second kappa shape index (κ2) is 7.59. The van der Waals surface area contributed by atoms with Gasteiger partial charge < -0.3 is 21.1 Å². The quantitative estimate of drug-likeness (QED) is 0.615. The summed E-state index contributed by atoms with van der Waals surface area (Å²) in [4.78, 5) is 35.3. The summed E-state index contributed by atoms with van der Waals surface area (Å²) in [7, 11) is 0. The topological polar surface area (TPSA) is 108 Å². The molecule has 0 aromatic heterocycles. The van der Waals surface area contributed by atoms with Crippen molar-refractivity contribution in [3.05, 3.63) is 59.7 Å². The van der Waals surface area contributed by atoms with Crippen LogP contribution in [0.15, 0.2) is 48.5 Å². The van der Waals surface area contributed by atoms with Gasteiger partial charge in [-0.25, -0.2) is 0 Å². The molecule has 7 nitrogen and oxygen atoms in total. The first-order chi connectivity index (χ1) is 12.9. The van der Waals surface area contributed by atoms with Crippen LogP contribution in [0.25, 0.3) is 0 Å². The molecule has 1 unspecified atom stereocenters. The van der Waals surface area contributed by atoms with Crippen molar-refractivity contribution in [2.45, 2.75) is 25.4 Å². The van der Waals surface area contributed by atoms with Crippen LogP contribution in [0.4, 0.5) is 11.4 Å². The van der Waals surface area contributed by atoms with Gasteiger partial charge in [-0.1, -0.05) is 30.3 Å². The molecule has 3 amide bonds. The predicted molar refractivity (Wildman–Crippen MR) is 101 cm³/mol. The van der Waals surface area contributed by atoms with Gasteiger partial charge in [0.2, 0.25) is 5.91 Å². The summed E-state index contributed by atoms with van der Waals surface area (Å²) in [6, 6.07) is 14.0. The van der Waals surface area contributed by atoms with Gasteiger partial charge in [-0.05, 0) is 42.2 Å². The lowest BCUT2D eigenvalue weighted by molar-refractivity contribution is -0.136. The van der Waals surface area contributed by atoms with E-state index in [0.717, 1.165) is 17.5 Å². The number of carbonyl (C=O) groups is 3. The maximum absolute atomic E-state index is 12.1. The van der Waals surface area contributed by atoms with Crippen LogP contribution in [0.5, 0.6) is 0 Å². The molecule has 0 bridgehead atoms. The summed E-state index contributed by atoms with van der Waals surface area (Å²) in [5, 5.41) is 18.4. The van der Waals surface area contributed by atoms with E-state index in [4.69, 9.17) is 0 Å². The summed E-state index contributed by atoms with van der Waals surface area (Å²) in [6.07, 6.45) is 1.22. The fourth-order valence-corrected chi connectivity index (χ4v) is 3.22. The van der Waals surface area contributed by atoms with Crippen LogP contribution in [-0.4, -0.2) is 29.4 Å². The first-order valence-corrected chi connectivity index (χ1v) is 8.65. The summed E-state index contributed by atoms with van der Waals surface area (Å²) in [6.45, 7) is 1.34. The van der Waals surface area contributed by atoms with Crippen molar-refractivity contribution in [1.82, 2.24) is 5.32 Å². The molecular weight excluding hydrogens is 346 g/mol. The minimum atomic E-state index is -1.17. The first kappa shape index (κ1) is 18.6. The molecular formula is C20H21N3O4. The Hall–Kier alpha value is -3.19. The minimum Gasteiger partial charge on any atom is -0.383 e. The van der Waals surface area contributed by atoms with Crippen LogP contribution in [-0.2, 0) is 26.4 Å². The summed E-state index contributed by atoms with van der Waals surface area (Å²) < 4.78 is 0. The van der Waals surface area contributed by atoms with Crippen molar-refractivity contribution < 1.29 is 19.5 Å². The number of aliphatic hydroxyl groups is 1. The van der Waals surface area contributed by atoms with Crippen molar-refractivity contribution >= 4 is 29.1 Å². The van der Waals surface area contributed by atoms with E-state index < -0.39 is 17.4 Å². The Labute approximate surface area is 156 Å². The van der Waals surface area contributed by atoms with Crippen LogP contribution in [0.3, 0.4) is 0 Å². The van der Waals surface area contributed by atoms with Gasteiger partial charge in [0.1, 0.15) is 5.60 Å². The Bertz CT molecular complexity index is 896. The highest BCUT2D eigenvalue weighted by molar-refractivity contribution is 6.39. The van der Waals surface area contributed by atoms with E-state index in [1.165, 1.54) is 6.92 Å². The summed E-state index contributed by atoms with van der Waals surface area (Å²) >= 11 is 0. The monoisotopic (exact) mass is 367 g/mol. The van der Waals surface area contributed by atoms with Gasteiger partial charge in [-0.15, -0.1) is 0 Å². The highest BCUT2D eigenvalue weighted by Crippen LogP contribution is 2.36. The van der Waals surface area contributed by atoms with Gasteiger partial charge in [-0.3, -0.25) is 14.4 Å².